The van der Waals surface area contributed by atoms with Crippen molar-refractivity contribution in [2.24, 2.45) is 5.92 Å². The molecule has 0 spiro atoms. The quantitative estimate of drug-likeness (QED) is 0.0866. The minimum absolute atomic E-state index is 0.0562. The second kappa shape index (κ2) is 21.5. The van der Waals surface area contributed by atoms with E-state index in [1.54, 1.807) is 23.1 Å². The van der Waals surface area contributed by atoms with Gasteiger partial charge in [-0.05, 0) is 56.3 Å². The highest BCUT2D eigenvalue weighted by atomic mass is 16.4. The predicted octanol–water partition coefficient (Wildman–Crippen LogP) is 0.599. The van der Waals surface area contributed by atoms with Crippen molar-refractivity contribution in [3.63, 3.8) is 0 Å². The fourth-order valence-electron chi connectivity index (χ4n) is 6.57. The summed E-state index contributed by atoms with van der Waals surface area (Å²) in [5.41, 5.74) is 2.18. The van der Waals surface area contributed by atoms with Crippen LogP contribution in [0.4, 0.5) is 5.69 Å². The molecule has 18 nitrogen and oxygen atoms in total. The maximum absolute atomic E-state index is 11.7. The van der Waals surface area contributed by atoms with Crippen molar-refractivity contribution in [3.8, 4) is 0 Å². The number of benzene rings is 1. The van der Waals surface area contributed by atoms with Gasteiger partial charge in [0.2, 0.25) is 12.0 Å². The van der Waals surface area contributed by atoms with Crippen molar-refractivity contribution >= 4 is 52.8 Å². The number of nitrogens with one attached hydrogen (secondary N) is 2. The Balaban J connectivity index is 0.000000512. The van der Waals surface area contributed by atoms with Gasteiger partial charge in [0, 0.05) is 55.4 Å². The summed E-state index contributed by atoms with van der Waals surface area (Å²) in [7, 11) is 0. The molecule has 2 aromatic rings. The van der Waals surface area contributed by atoms with E-state index in [4.69, 9.17) is 20.4 Å². The molecule has 1 aromatic carbocycles. The predicted molar refractivity (Wildman–Crippen MR) is 189 cm³/mol. The molecule has 7 N–H and O–H groups in total. The minimum Gasteiger partial charge on any atom is -0.480 e. The number of anilines is 1. The zero-order valence-electron chi connectivity index (χ0n) is 29.7. The van der Waals surface area contributed by atoms with Crippen LogP contribution in [0.3, 0.4) is 0 Å². The Labute approximate surface area is 300 Å². The van der Waals surface area contributed by atoms with E-state index in [9.17, 15) is 38.7 Å². The number of carboxylic acid groups (broad SMARTS) is 5. The first-order valence-corrected chi connectivity index (χ1v) is 16.9. The number of hydrogen-bond donors (Lipinski definition) is 7. The van der Waals surface area contributed by atoms with Crippen LogP contribution in [0.2, 0.25) is 0 Å². The lowest BCUT2D eigenvalue weighted by Gasteiger charge is -2.46. The second-order valence-electron chi connectivity index (χ2n) is 12.9. The van der Waals surface area contributed by atoms with Crippen LogP contribution in [-0.4, -0.2) is 164 Å². The monoisotopic (exact) mass is 734 g/mol. The number of aromatic nitrogens is 1. The van der Waals surface area contributed by atoms with Gasteiger partial charge in [-0.15, -0.1) is 0 Å². The Morgan fingerprint density at radius 3 is 1.77 bits per heavy atom. The van der Waals surface area contributed by atoms with Gasteiger partial charge < -0.3 is 35.8 Å². The van der Waals surface area contributed by atoms with Crippen LogP contribution < -0.4 is 10.9 Å². The molecule has 52 heavy (non-hydrogen) atoms. The lowest BCUT2D eigenvalue weighted by atomic mass is 9.81. The number of H-pyrrole nitrogens is 1. The van der Waals surface area contributed by atoms with E-state index >= 15 is 0 Å². The van der Waals surface area contributed by atoms with E-state index in [0.29, 0.717) is 37.5 Å². The Bertz CT molecular complexity index is 1570. The molecule has 0 aliphatic heterocycles. The van der Waals surface area contributed by atoms with Gasteiger partial charge >= 0.3 is 29.8 Å². The van der Waals surface area contributed by atoms with E-state index in [0.717, 1.165) is 29.3 Å². The van der Waals surface area contributed by atoms with Crippen LogP contribution in [0, 0.1) is 12.8 Å². The van der Waals surface area contributed by atoms with Gasteiger partial charge in [-0.2, -0.15) is 0 Å². The number of rotatable bonds is 21. The lowest BCUT2D eigenvalue weighted by molar-refractivity contribution is -0.144. The van der Waals surface area contributed by atoms with Crippen LogP contribution in [0.5, 0.6) is 0 Å². The van der Waals surface area contributed by atoms with Crippen molar-refractivity contribution in [1.29, 1.82) is 0 Å². The molecule has 18 heteroatoms. The molecule has 2 unspecified atom stereocenters. The molecule has 1 fully saturated rings. The van der Waals surface area contributed by atoms with Crippen LogP contribution in [-0.2, 0) is 28.8 Å². The SMILES string of the molecule is CCN(CCN(CC(=O)O)CC(=O)O)[C@H]1CCC(C)CC1N(CCN(CC(=O)O)CC(=O)O)CC(=O)O.Cc1cc(=O)[nH]c2cc(NC=O)ccc12. The van der Waals surface area contributed by atoms with Gasteiger partial charge in [0.1, 0.15) is 0 Å². The smallest absolute Gasteiger partial charge is 0.317 e. The third-order valence-electron chi connectivity index (χ3n) is 8.84. The molecule has 1 amide bonds. The number of likely N-dealkylation sites (N-methyl/N-ethyl adjacent to an activating group) is 1. The molecule has 288 valence electrons. The van der Waals surface area contributed by atoms with E-state index in [1.165, 1.54) is 9.80 Å². The molecule has 0 bridgehead atoms. The number of aryl methyl sites for hydroxylation is 1. The highest BCUT2D eigenvalue weighted by molar-refractivity contribution is 5.87. The summed E-state index contributed by atoms with van der Waals surface area (Å²) in [6.07, 6.45) is 2.94. The molecule has 1 aliphatic rings. The molecular weight excluding hydrogens is 684 g/mol. The molecule has 1 saturated carbocycles. The number of carbonyl (C=O) groups excluding carboxylic acids is 1. The summed E-state index contributed by atoms with van der Waals surface area (Å²) < 4.78 is 0. The number of carboxylic acids is 5. The Morgan fingerprint density at radius 2 is 1.29 bits per heavy atom. The van der Waals surface area contributed by atoms with Crippen molar-refractivity contribution in [3.05, 3.63) is 40.2 Å². The van der Waals surface area contributed by atoms with E-state index in [-0.39, 0.29) is 43.8 Å². The topological polar surface area (TPSA) is 261 Å². The average molecular weight is 735 g/mol. The Morgan fingerprint density at radius 1 is 0.769 bits per heavy atom. The highest BCUT2D eigenvalue weighted by Gasteiger charge is 2.37. The maximum Gasteiger partial charge on any atom is 0.317 e. The van der Waals surface area contributed by atoms with Crippen molar-refractivity contribution < 1.29 is 54.3 Å². The lowest BCUT2D eigenvalue weighted by Crippen LogP contribution is -2.58. The number of carbonyl (C=O) groups is 6. The van der Waals surface area contributed by atoms with E-state index < -0.39 is 56.0 Å². The van der Waals surface area contributed by atoms with Gasteiger partial charge in [-0.25, -0.2) is 0 Å². The zero-order chi connectivity index (χ0) is 39.0. The summed E-state index contributed by atoms with van der Waals surface area (Å²) in [5, 5.41) is 49.6. The van der Waals surface area contributed by atoms with Crippen LogP contribution in [0.15, 0.2) is 29.1 Å². The number of nitrogens with zero attached hydrogens (tertiary/aromatic N) is 4. The number of amides is 1. The molecule has 1 aromatic heterocycles. The van der Waals surface area contributed by atoms with Gasteiger partial charge in [-0.1, -0.05) is 19.9 Å². The summed E-state index contributed by atoms with van der Waals surface area (Å²) in [5.74, 6) is -5.38. The largest absolute Gasteiger partial charge is 0.480 e. The first-order chi connectivity index (χ1) is 24.5. The number of aliphatic carboxylic acids is 5. The second-order valence-corrected chi connectivity index (χ2v) is 12.9. The zero-order valence-corrected chi connectivity index (χ0v) is 29.7. The summed E-state index contributed by atoms with van der Waals surface area (Å²) >= 11 is 0. The number of aromatic amines is 1. The molecule has 3 rings (SSSR count). The summed E-state index contributed by atoms with van der Waals surface area (Å²) in [6, 6.07) is 6.63. The third kappa shape index (κ3) is 15.1. The molecular formula is C34H50N6O12. The molecule has 1 aliphatic carbocycles. The standard InChI is InChI=1S/C23H40N4O10.C11H10N2O2/c1-3-26(8-6-24(11-19(28)29)12-20(30)31)17-5-4-16(2)10-18(17)27(15-23(36)37)9-7-25(13-21(32)33)14-22(34)35;1-7-4-11(15)13-10-5-8(12-6-14)2-3-9(7)10/h16-18H,3-15H2,1-2H3,(H,28,29)(H,30,31)(H,32,33)(H,34,35)(H,36,37);2-6H,1H3,(H,12,14)(H,13,15)/t16?,17-,18?;/m0./s1. The van der Waals surface area contributed by atoms with E-state index in [1.807, 2.05) is 19.9 Å². The number of pyridine rings is 1. The number of hydrogen-bond acceptors (Lipinski definition) is 11. The van der Waals surface area contributed by atoms with Gasteiger partial charge in [-0.3, -0.25) is 53.2 Å². The van der Waals surface area contributed by atoms with E-state index in [2.05, 4.69) is 22.1 Å². The average Bonchev–Trinajstić information content (AvgIpc) is 3.02. The van der Waals surface area contributed by atoms with Crippen LogP contribution >= 0.6 is 0 Å². The minimum atomic E-state index is -1.18. The Hall–Kier alpha value is -4.91. The normalized spacial score (nSPS) is 17.2. The maximum atomic E-state index is 11.7. The number of fused-ring (bicyclic) bond motifs is 1. The van der Waals surface area contributed by atoms with Gasteiger partial charge in [0.15, 0.2) is 0 Å². The molecule has 0 radical (unpaired) electrons. The summed E-state index contributed by atoms with van der Waals surface area (Å²) in [6.45, 7) is 5.16. The third-order valence-corrected chi connectivity index (χ3v) is 8.84. The fraction of sp³-hybridized carbons (Fsp3) is 0.559. The Kier molecular flexibility index (Phi) is 17.8. The van der Waals surface area contributed by atoms with Crippen molar-refractivity contribution in [1.82, 2.24) is 24.6 Å². The summed E-state index contributed by atoms with van der Waals surface area (Å²) in [4.78, 5) is 87.0. The van der Waals surface area contributed by atoms with Gasteiger partial charge in [0.25, 0.3) is 0 Å². The van der Waals surface area contributed by atoms with Crippen LogP contribution in [0.25, 0.3) is 10.9 Å². The van der Waals surface area contributed by atoms with Crippen molar-refractivity contribution in [2.45, 2.75) is 52.1 Å². The molecule has 1 heterocycles. The fourth-order valence-corrected chi connectivity index (χ4v) is 6.57. The van der Waals surface area contributed by atoms with Gasteiger partial charge in [0.05, 0.1) is 38.2 Å². The highest BCUT2D eigenvalue weighted by Crippen LogP contribution is 2.31. The molecule has 0 saturated heterocycles. The van der Waals surface area contributed by atoms with Crippen molar-refractivity contribution in [2.75, 3.05) is 70.8 Å². The molecule has 3 atom stereocenters. The van der Waals surface area contributed by atoms with Crippen LogP contribution in [0.1, 0.15) is 38.7 Å². The first-order valence-electron chi connectivity index (χ1n) is 16.9. The first kappa shape index (κ1) is 43.3.